The summed E-state index contributed by atoms with van der Waals surface area (Å²) in [5, 5.41) is 2.21. The Labute approximate surface area is 158 Å². The van der Waals surface area contributed by atoms with Gasteiger partial charge in [0, 0.05) is 9.78 Å². The first-order valence-electron chi connectivity index (χ1n) is 7.51. The quantitative estimate of drug-likeness (QED) is 0.446. The van der Waals surface area contributed by atoms with Gasteiger partial charge in [-0.15, -0.1) is 0 Å². The van der Waals surface area contributed by atoms with Crippen LogP contribution in [-0.4, -0.2) is 24.1 Å². The molecule has 6 nitrogen and oxygen atoms in total. The van der Waals surface area contributed by atoms with Gasteiger partial charge >= 0.3 is 6.03 Å². The van der Waals surface area contributed by atoms with Crippen molar-refractivity contribution in [1.82, 2.24) is 5.32 Å². The lowest BCUT2D eigenvalue weighted by Crippen LogP contribution is -2.58. The van der Waals surface area contributed by atoms with Crippen LogP contribution in [0.15, 0.2) is 53.5 Å². The molecule has 1 N–H and O–H groups in total. The predicted molar refractivity (Wildman–Crippen MR) is 103 cm³/mol. The molecule has 25 heavy (non-hydrogen) atoms. The van der Waals surface area contributed by atoms with E-state index in [0.29, 0.717) is 11.4 Å². The summed E-state index contributed by atoms with van der Waals surface area (Å²) in [4.78, 5) is 42.1. The van der Waals surface area contributed by atoms with E-state index in [4.69, 9.17) is 0 Å². The van der Waals surface area contributed by atoms with E-state index in [9.17, 15) is 14.4 Å². The second kappa shape index (κ2) is 7.14. The average Bonchev–Trinajstić information content (AvgIpc) is 2.57. The Hall–Kier alpha value is -2.55. The third-order valence-corrected chi connectivity index (χ3v) is 4.48. The summed E-state index contributed by atoms with van der Waals surface area (Å²) in [6.07, 6.45) is 1.28. The van der Waals surface area contributed by atoms with E-state index in [1.54, 1.807) is 30.3 Å². The number of urea groups is 1. The summed E-state index contributed by atoms with van der Waals surface area (Å²) < 4.78 is 0.972. The summed E-state index contributed by atoms with van der Waals surface area (Å²) in [6, 6.07) is 13.5. The van der Waals surface area contributed by atoms with Gasteiger partial charge in [0.15, 0.2) is 5.92 Å². The molecule has 0 unspecified atom stereocenters. The molecule has 1 atom stereocenters. The molecule has 7 heteroatoms. The van der Waals surface area contributed by atoms with Crippen LogP contribution in [0.2, 0.25) is 0 Å². The van der Waals surface area contributed by atoms with Crippen molar-refractivity contribution in [3.63, 3.8) is 0 Å². The molecule has 0 spiro atoms. The lowest BCUT2D eigenvalue weighted by atomic mass is 10.1. The van der Waals surface area contributed by atoms with Crippen molar-refractivity contribution in [3.8, 4) is 0 Å². The van der Waals surface area contributed by atoms with Crippen LogP contribution in [0.1, 0.15) is 5.56 Å². The molecule has 3 rings (SSSR count). The largest absolute Gasteiger partial charge is 0.335 e. The van der Waals surface area contributed by atoms with Crippen molar-refractivity contribution in [2.45, 2.75) is 6.92 Å². The molecule has 0 saturated carbocycles. The molecule has 0 aromatic heterocycles. The zero-order valence-electron chi connectivity index (χ0n) is 13.3. The molecule has 1 heterocycles. The zero-order chi connectivity index (χ0) is 18.0. The predicted octanol–water partition coefficient (Wildman–Crippen LogP) is 3.20. The topological polar surface area (TPSA) is 78.8 Å². The van der Waals surface area contributed by atoms with E-state index in [1.165, 1.54) is 6.21 Å². The molecular weight excluding hydrogens is 433 g/mol. The Morgan fingerprint density at radius 2 is 1.76 bits per heavy atom. The smallest absolute Gasteiger partial charge is 0.276 e. The molecule has 1 aliphatic heterocycles. The summed E-state index contributed by atoms with van der Waals surface area (Å²) in [7, 11) is 0. The Bertz CT molecular complexity index is 877. The third kappa shape index (κ3) is 3.60. The number of hydrogen-bond acceptors (Lipinski definition) is 4. The minimum atomic E-state index is -1.16. The van der Waals surface area contributed by atoms with E-state index >= 15 is 0 Å². The molecule has 1 aliphatic rings. The van der Waals surface area contributed by atoms with Gasteiger partial charge in [-0.05, 0) is 65.4 Å². The molecule has 1 fully saturated rings. The van der Waals surface area contributed by atoms with Crippen LogP contribution < -0.4 is 10.2 Å². The highest BCUT2D eigenvalue weighted by Gasteiger charge is 2.40. The Morgan fingerprint density at radius 1 is 1.08 bits per heavy atom. The SMILES string of the molecule is Cc1ccccc1N=C[C@@H]1C(=O)NC(=O)N(c2ccc(I)cc2)C1=O. The molecule has 0 radical (unpaired) electrons. The fraction of sp³-hybridized carbons (Fsp3) is 0.111. The van der Waals surface area contributed by atoms with Gasteiger partial charge < -0.3 is 0 Å². The van der Waals surface area contributed by atoms with Crippen molar-refractivity contribution < 1.29 is 14.4 Å². The molecule has 126 valence electrons. The second-order valence-corrected chi connectivity index (χ2v) is 6.73. The number of rotatable bonds is 3. The Morgan fingerprint density at radius 3 is 2.44 bits per heavy atom. The summed E-state index contributed by atoms with van der Waals surface area (Å²) in [5.74, 6) is -2.45. The maximum Gasteiger partial charge on any atom is 0.335 e. The van der Waals surface area contributed by atoms with Crippen LogP contribution in [0.5, 0.6) is 0 Å². The minimum absolute atomic E-state index is 0.407. The number of hydrogen-bond donors (Lipinski definition) is 1. The molecule has 2 aromatic rings. The maximum absolute atomic E-state index is 12.7. The van der Waals surface area contributed by atoms with Gasteiger partial charge in [0.2, 0.25) is 5.91 Å². The molecule has 0 bridgehead atoms. The van der Waals surface area contributed by atoms with Crippen LogP contribution in [0.25, 0.3) is 0 Å². The average molecular weight is 447 g/mol. The number of halogens is 1. The summed E-state index contributed by atoms with van der Waals surface area (Å²) >= 11 is 2.13. The number of carbonyl (C=O) groups excluding carboxylic acids is 3. The highest BCUT2D eigenvalue weighted by Crippen LogP contribution is 2.22. The number of imide groups is 2. The van der Waals surface area contributed by atoms with E-state index in [-0.39, 0.29) is 0 Å². The number of aryl methyl sites for hydroxylation is 1. The van der Waals surface area contributed by atoms with E-state index in [1.807, 2.05) is 25.1 Å². The molecule has 2 aromatic carbocycles. The molecule has 4 amide bonds. The van der Waals surface area contributed by atoms with Crippen molar-refractivity contribution in [1.29, 1.82) is 0 Å². The fourth-order valence-corrected chi connectivity index (χ4v) is 2.78. The van der Waals surface area contributed by atoms with Crippen LogP contribution in [-0.2, 0) is 9.59 Å². The lowest BCUT2D eigenvalue weighted by Gasteiger charge is -2.28. The molecule has 1 saturated heterocycles. The summed E-state index contributed by atoms with van der Waals surface area (Å²) in [5.41, 5.74) is 2.00. The van der Waals surface area contributed by atoms with E-state index in [2.05, 4.69) is 32.9 Å². The van der Waals surface area contributed by atoms with Crippen LogP contribution >= 0.6 is 22.6 Å². The summed E-state index contributed by atoms with van der Waals surface area (Å²) in [6.45, 7) is 1.89. The lowest BCUT2D eigenvalue weighted by molar-refractivity contribution is -0.131. The number of nitrogens with one attached hydrogen (secondary N) is 1. The monoisotopic (exact) mass is 447 g/mol. The van der Waals surface area contributed by atoms with Gasteiger partial charge in [-0.2, -0.15) is 0 Å². The minimum Gasteiger partial charge on any atom is -0.276 e. The van der Waals surface area contributed by atoms with Crippen LogP contribution in [0, 0.1) is 16.4 Å². The van der Waals surface area contributed by atoms with Crippen molar-refractivity contribution >= 4 is 58.0 Å². The number of amides is 4. The number of nitrogens with zero attached hydrogens (tertiary/aromatic N) is 2. The normalized spacial score (nSPS) is 17.9. The Balaban J connectivity index is 1.90. The van der Waals surface area contributed by atoms with Crippen LogP contribution in [0.4, 0.5) is 16.2 Å². The highest BCUT2D eigenvalue weighted by atomic mass is 127. The number of anilines is 1. The van der Waals surface area contributed by atoms with E-state index < -0.39 is 23.8 Å². The van der Waals surface area contributed by atoms with Crippen molar-refractivity contribution in [2.24, 2.45) is 10.9 Å². The van der Waals surface area contributed by atoms with Gasteiger partial charge in [0.05, 0.1) is 11.4 Å². The Kier molecular flexibility index (Phi) is 4.93. The van der Waals surface area contributed by atoms with Crippen LogP contribution in [0.3, 0.4) is 0 Å². The van der Waals surface area contributed by atoms with Crippen molar-refractivity contribution in [2.75, 3.05) is 4.90 Å². The number of aliphatic imine (C=N–C) groups is 1. The molecular formula is C18H14IN3O3. The highest BCUT2D eigenvalue weighted by molar-refractivity contribution is 14.1. The van der Waals surface area contributed by atoms with Gasteiger partial charge in [-0.1, -0.05) is 18.2 Å². The zero-order valence-corrected chi connectivity index (χ0v) is 15.4. The number of carbonyl (C=O) groups is 3. The fourth-order valence-electron chi connectivity index (χ4n) is 2.42. The van der Waals surface area contributed by atoms with Gasteiger partial charge in [0.25, 0.3) is 5.91 Å². The molecule has 0 aliphatic carbocycles. The van der Waals surface area contributed by atoms with E-state index in [0.717, 1.165) is 14.0 Å². The number of benzene rings is 2. The maximum atomic E-state index is 12.7. The first-order valence-corrected chi connectivity index (χ1v) is 8.59. The van der Waals surface area contributed by atoms with Gasteiger partial charge in [-0.25, -0.2) is 9.69 Å². The first kappa shape index (κ1) is 17.3. The first-order chi connectivity index (χ1) is 12.0. The number of barbiturate groups is 1. The van der Waals surface area contributed by atoms with Gasteiger partial charge in [0.1, 0.15) is 0 Å². The third-order valence-electron chi connectivity index (χ3n) is 3.77. The standard InChI is InChI=1S/C18H14IN3O3/c1-11-4-2-3-5-15(11)20-10-14-16(23)21-18(25)22(17(14)24)13-8-6-12(19)7-9-13/h2-10,14H,1H3,(H,21,23,25)/t14-/m1/s1. The van der Waals surface area contributed by atoms with Gasteiger partial charge in [-0.3, -0.25) is 19.9 Å². The second-order valence-electron chi connectivity index (χ2n) is 5.49. The van der Waals surface area contributed by atoms with Crippen molar-refractivity contribution in [3.05, 3.63) is 57.7 Å². The number of para-hydroxylation sites is 1.